The van der Waals surface area contributed by atoms with Crippen molar-refractivity contribution in [1.29, 1.82) is 0 Å². The van der Waals surface area contributed by atoms with Gasteiger partial charge in [0, 0.05) is 40.0 Å². The third-order valence-electron chi connectivity index (χ3n) is 3.73. The molecule has 0 atom stereocenters. The molecule has 20 heavy (non-hydrogen) atoms. The van der Waals surface area contributed by atoms with Crippen LogP contribution in [0.2, 0.25) is 0 Å². The predicted octanol–water partition coefficient (Wildman–Crippen LogP) is 4.24. The summed E-state index contributed by atoms with van der Waals surface area (Å²) in [5, 5.41) is 0. The van der Waals surface area contributed by atoms with Gasteiger partial charge in [0.2, 0.25) is 0 Å². The van der Waals surface area contributed by atoms with Gasteiger partial charge < -0.3 is 4.90 Å². The first-order valence-corrected chi connectivity index (χ1v) is 8.89. The van der Waals surface area contributed by atoms with Gasteiger partial charge in [-0.15, -0.1) is 0 Å². The number of thioether (sulfide) groups is 1. The summed E-state index contributed by atoms with van der Waals surface area (Å²) in [4.78, 5) is 14.6. The molecule has 1 aromatic carbocycles. The summed E-state index contributed by atoms with van der Waals surface area (Å²) < 4.78 is 1.35. The fraction of sp³-hybridized carbons (Fsp3) is 0.562. The third kappa shape index (κ3) is 4.90. The van der Waals surface area contributed by atoms with E-state index in [1.165, 1.54) is 6.42 Å². The quantitative estimate of drug-likeness (QED) is 0.753. The lowest BCUT2D eigenvalue weighted by molar-refractivity contribution is 0.0965. The summed E-state index contributed by atoms with van der Waals surface area (Å²) in [7, 11) is 0. The van der Waals surface area contributed by atoms with Crippen LogP contribution in [0.1, 0.15) is 37.0 Å². The molecule has 0 saturated carbocycles. The molecule has 0 spiro atoms. The Hall–Kier alpha value is -0.320. The smallest absolute Gasteiger partial charge is 0.164 e. The zero-order chi connectivity index (χ0) is 14.6. The zero-order valence-electron chi connectivity index (χ0n) is 12.2. The average Bonchev–Trinajstić information content (AvgIpc) is 2.57. The van der Waals surface area contributed by atoms with Crippen molar-refractivity contribution in [3.8, 4) is 0 Å². The van der Waals surface area contributed by atoms with Crippen LogP contribution in [0.15, 0.2) is 28.7 Å². The Bertz CT molecular complexity index is 475. The number of nitrogens with zero attached hydrogens (tertiary/aromatic N) is 1. The molecule has 0 aliphatic carbocycles. The lowest BCUT2D eigenvalue weighted by Gasteiger charge is -2.22. The largest absolute Gasteiger partial charge is 0.302 e. The molecule has 1 aliphatic rings. The highest BCUT2D eigenvalue weighted by molar-refractivity contribution is 9.10. The SMILES string of the molecule is CC1(C)CCN(CCC(=O)c2cccc(Br)c2)CCS1. The Labute approximate surface area is 134 Å². The van der Waals surface area contributed by atoms with E-state index in [9.17, 15) is 4.79 Å². The molecule has 0 N–H and O–H groups in total. The third-order valence-corrected chi connectivity index (χ3v) is 5.60. The first-order valence-electron chi connectivity index (χ1n) is 7.11. The van der Waals surface area contributed by atoms with Crippen molar-refractivity contribution < 1.29 is 4.79 Å². The van der Waals surface area contributed by atoms with Crippen molar-refractivity contribution in [3.63, 3.8) is 0 Å². The number of benzene rings is 1. The average molecular weight is 356 g/mol. The Balaban J connectivity index is 1.84. The van der Waals surface area contributed by atoms with Crippen LogP contribution in [0.25, 0.3) is 0 Å². The van der Waals surface area contributed by atoms with E-state index in [1.807, 2.05) is 36.0 Å². The van der Waals surface area contributed by atoms with Crippen molar-refractivity contribution in [3.05, 3.63) is 34.3 Å². The molecule has 1 aliphatic heterocycles. The summed E-state index contributed by atoms with van der Waals surface area (Å²) in [6.07, 6.45) is 1.81. The lowest BCUT2D eigenvalue weighted by atomic mass is 10.1. The van der Waals surface area contributed by atoms with Gasteiger partial charge in [-0.25, -0.2) is 0 Å². The molecule has 110 valence electrons. The van der Waals surface area contributed by atoms with Crippen molar-refractivity contribution >= 4 is 33.5 Å². The van der Waals surface area contributed by atoms with Crippen LogP contribution in [-0.2, 0) is 0 Å². The second-order valence-corrected chi connectivity index (χ2v) is 8.60. The van der Waals surface area contributed by atoms with Crippen molar-refractivity contribution in [1.82, 2.24) is 4.90 Å². The fourth-order valence-electron chi connectivity index (χ4n) is 2.35. The molecule has 0 bridgehead atoms. The van der Waals surface area contributed by atoms with Crippen molar-refractivity contribution in [2.75, 3.05) is 25.4 Å². The lowest BCUT2D eigenvalue weighted by Crippen LogP contribution is -2.29. The first-order chi connectivity index (χ1) is 9.46. The molecular weight excluding hydrogens is 334 g/mol. The normalized spacial score (nSPS) is 19.6. The molecule has 1 aromatic rings. The summed E-state index contributed by atoms with van der Waals surface area (Å²) in [5.74, 6) is 1.40. The molecule has 1 fully saturated rings. The summed E-state index contributed by atoms with van der Waals surface area (Å²) in [6, 6.07) is 7.67. The van der Waals surface area contributed by atoms with Gasteiger partial charge >= 0.3 is 0 Å². The highest BCUT2D eigenvalue weighted by Gasteiger charge is 2.23. The Morgan fingerprint density at radius 3 is 2.95 bits per heavy atom. The molecule has 4 heteroatoms. The van der Waals surface area contributed by atoms with Crippen LogP contribution in [0.3, 0.4) is 0 Å². The van der Waals surface area contributed by atoms with Crippen LogP contribution in [-0.4, -0.2) is 40.8 Å². The number of hydrogen-bond donors (Lipinski definition) is 0. The topological polar surface area (TPSA) is 20.3 Å². The van der Waals surface area contributed by atoms with Gasteiger partial charge in [0.25, 0.3) is 0 Å². The summed E-state index contributed by atoms with van der Waals surface area (Å²) in [6.45, 7) is 7.70. The molecule has 0 amide bonds. The van der Waals surface area contributed by atoms with Gasteiger partial charge in [0.1, 0.15) is 0 Å². The van der Waals surface area contributed by atoms with Crippen LogP contribution in [0.5, 0.6) is 0 Å². The van der Waals surface area contributed by atoms with Crippen molar-refractivity contribution in [2.45, 2.75) is 31.4 Å². The number of rotatable bonds is 4. The first kappa shape index (κ1) is 16.1. The Morgan fingerprint density at radius 2 is 2.20 bits per heavy atom. The molecule has 0 radical (unpaired) electrons. The van der Waals surface area contributed by atoms with Crippen molar-refractivity contribution in [2.24, 2.45) is 0 Å². The van der Waals surface area contributed by atoms with Crippen LogP contribution < -0.4 is 0 Å². The minimum absolute atomic E-state index is 0.238. The van der Waals surface area contributed by atoms with Gasteiger partial charge in [-0.1, -0.05) is 41.9 Å². The molecule has 1 saturated heterocycles. The number of carbonyl (C=O) groups excluding carboxylic acids is 1. The van der Waals surface area contributed by atoms with E-state index in [4.69, 9.17) is 0 Å². The highest BCUT2D eigenvalue weighted by atomic mass is 79.9. The van der Waals surface area contributed by atoms with Gasteiger partial charge in [0.15, 0.2) is 5.78 Å². The van der Waals surface area contributed by atoms with Gasteiger partial charge in [-0.2, -0.15) is 11.8 Å². The predicted molar refractivity (Wildman–Crippen MR) is 90.7 cm³/mol. The maximum atomic E-state index is 12.2. The second kappa shape index (κ2) is 7.10. The summed E-state index contributed by atoms with van der Waals surface area (Å²) >= 11 is 5.46. The molecule has 2 nitrogen and oxygen atoms in total. The number of carbonyl (C=O) groups is 1. The number of hydrogen-bond acceptors (Lipinski definition) is 3. The molecular formula is C16H22BrNOS. The maximum absolute atomic E-state index is 12.2. The highest BCUT2D eigenvalue weighted by Crippen LogP contribution is 2.30. The Kier molecular flexibility index (Phi) is 5.70. The molecule has 2 rings (SSSR count). The number of halogens is 1. The van der Waals surface area contributed by atoms with E-state index in [2.05, 4.69) is 34.7 Å². The maximum Gasteiger partial charge on any atom is 0.164 e. The summed E-state index contributed by atoms with van der Waals surface area (Å²) in [5.41, 5.74) is 0.809. The van der Waals surface area contributed by atoms with E-state index in [0.29, 0.717) is 11.2 Å². The van der Waals surface area contributed by atoms with E-state index in [1.54, 1.807) is 0 Å². The number of Topliss-reactive ketones (excluding diaryl/α,β-unsaturated/α-hetero) is 1. The second-order valence-electron chi connectivity index (χ2n) is 5.88. The van der Waals surface area contributed by atoms with E-state index >= 15 is 0 Å². The number of ketones is 1. The van der Waals surface area contributed by atoms with E-state index in [0.717, 1.165) is 35.4 Å². The van der Waals surface area contributed by atoms with Gasteiger partial charge in [-0.05, 0) is 25.1 Å². The molecule has 0 unspecified atom stereocenters. The Morgan fingerprint density at radius 1 is 1.40 bits per heavy atom. The van der Waals surface area contributed by atoms with E-state index < -0.39 is 0 Å². The minimum atomic E-state index is 0.238. The van der Waals surface area contributed by atoms with E-state index in [-0.39, 0.29) is 5.78 Å². The minimum Gasteiger partial charge on any atom is -0.302 e. The standard InChI is InChI=1S/C16H22BrNOS/c1-16(2)7-9-18(10-11-20-16)8-6-15(19)13-4-3-5-14(17)12-13/h3-5,12H,6-11H2,1-2H3. The zero-order valence-corrected chi connectivity index (χ0v) is 14.6. The fourth-order valence-corrected chi connectivity index (χ4v) is 3.89. The van der Waals surface area contributed by atoms with Crippen LogP contribution in [0.4, 0.5) is 0 Å². The molecule has 1 heterocycles. The molecule has 0 aromatic heterocycles. The monoisotopic (exact) mass is 355 g/mol. The van der Waals surface area contributed by atoms with Gasteiger partial charge in [-0.3, -0.25) is 4.79 Å². The van der Waals surface area contributed by atoms with Crippen LogP contribution in [0, 0.1) is 0 Å². The van der Waals surface area contributed by atoms with Crippen LogP contribution >= 0.6 is 27.7 Å². The van der Waals surface area contributed by atoms with Gasteiger partial charge in [0.05, 0.1) is 0 Å².